The van der Waals surface area contributed by atoms with E-state index < -0.39 is 0 Å². The average Bonchev–Trinajstić information content (AvgIpc) is 2.55. The molecule has 0 bridgehead atoms. The molecule has 0 radical (unpaired) electrons. The number of carbonyl (C=O) groups excluding carboxylic acids is 2. The molecule has 1 aliphatic carbocycles. The maximum absolute atomic E-state index is 12.2. The molecule has 1 atom stereocenters. The first-order valence-corrected chi connectivity index (χ1v) is 8.05. The van der Waals surface area contributed by atoms with Crippen molar-refractivity contribution in [3.8, 4) is 0 Å². The van der Waals surface area contributed by atoms with Crippen LogP contribution in [-0.2, 0) is 9.53 Å². The minimum Gasteiger partial charge on any atom is -0.450 e. The Hall–Kier alpha value is -1.92. The lowest BCUT2D eigenvalue weighted by molar-refractivity contribution is -0.120. The summed E-state index contributed by atoms with van der Waals surface area (Å²) in [6.07, 6.45) is 3.69. The molecule has 0 spiro atoms. The third-order valence-electron chi connectivity index (χ3n) is 4.42. The Bertz CT molecular complexity index is 521. The summed E-state index contributed by atoms with van der Waals surface area (Å²) in [5.41, 5.74) is 0.995. The maximum Gasteiger partial charge on any atom is 0.409 e. The van der Waals surface area contributed by atoms with E-state index in [-0.39, 0.29) is 17.9 Å². The molecule has 0 aromatic heterocycles. The predicted molar refractivity (Wildman–Crippen MR) is 82.0 cm³/mol. The second kappa shape index (κ2) is 6.46. The minimum absolute atomic E-state index is 0.0486. The van der Waals surface area contributed by atoms with Crippen molar-refractivity contribution in [1.82, 2.24) is 9.80 Å². The molecular weight excluding hydrogens is 284 g/mol. The van der Waals surface area contributed by atoms with E-state index in [1.807, 2.05) is 4.90 Å². The van der Waals surface area contributed by atoms with Crippen molar-refractivity contribution < 1.29 is 14.3 Å². The van der Waals surface area contributed by atoms with Crippen LogP contribution in [0.2, 0.25) is 0 Å². The van der Waals surface area contributed by atoms with Gasteiger partial charge in [0.2, 0.25) is 5.96 Å². The highest BCUT2D eigenvalue weighted by atomic mass is 16.6. The van der Waals surface area contributed by atoms with Crippen LogP contribution < -0.4 is 0 Å². The first-order valence-electron chi connectivity index (χ1n) is 8.05. The monoisotopic (exact) mass is 306 g/mol. The van der Waals surface area contributed by atoms with Gasteiger partial charge >= 0.3 is 6.09 Å². The van der Waals surface area contributed by atoms with Gasteiger partial charge in [-0.25, -0.2) is 9.79 Å². The van der Waals surface area contributed by atoms with Gasteiger partial charge < -0.3 is 14.5 Å². The van der Waals surface area contributed by atoms with E-state index in [4.69, 9.17) is 4.74 Å². The number of fused-ring (bicyclic) bond motifs is 1. The Labute approximate surface area is 130 Å². The highest BCUT2D eigenvalue weighted by molar-refractivity contribution is 6.15. The summed E-state index contributed by atoms with van der Waals surface area (Å²) in [4.78, 5) is 36.3. The SMILES string of the molecule is CCOC(=O)N1CCN(C2=NC(=O)C3CCCCC3=N2)CC1. The number of guanidine groups is 1. The molecule has 7 nitrogen and oxygen atoms in total. The van der Waals surface area contributed by atoms with Crippen molar-refractivity contribution in [3.63, 3.8) is 0 Å². The molecule has 2 aliphatic heterocycles. The zero-order valence-electron chi connectivity index (χ0n) is 13.0. The number of aliphatic imine (C=N–C) groups is 2. The van der Waals surface area contributed by atoms with E-state index in [2.05, 4.69) is 9.98 Å². The van der Waals surface area contributed by atoms with Gasteiger partial charge in [-0.2, -0.15) is 4.99 Å². The fraction of sp³-hybridized carbons (Fsp3) is 0.733. The van der Waals surface area contributed by atoms with E-state index in [0.717, 1.165) is 31.4 Å². The molecule has 2 heterocycles. The van der Waals surface area contributed by atoms with Crippen LogP contribution in [0.15, 0.2) is 9.98 Å². The second-order valence-corrected chi connectivity index (χ2v) is 5.82. The highest BCUT2D eigenvalue weighted by Crippen LogP contribution is 2.26. The normalized spacial score (nSPS) is 25.3. The van der Waals surface area contributed by atoms with Gasteiger partial charge in [0.1, 0.15) is 0 Å². The molecule has 1 unspecified atom stereocenters. The van der Waals surface area contributed by atoms with Gasteiger partial charge in [-0.3, -0.25) is 4.79 Å². The minimum atomic E-state index is -0.275. The summed E-state index contributed by atoms with van der Waals surface area (Å²) in [6, 6.07) is 0. The lowest BCUT2D eigenvalue weighted by Gasteiger charge is -2.36. The number of ether oxygens (including phenoxy) is 1. The van der Waals surface area contributed by atoms with Gasteiger partial charge in [0.15, 0.2) is 0 Å². The van der Waals surface area contributed by atoms with Crippen LogP contribution in [0.25, 0.3) is 0 Å². The molecule has 0 aromatic rings. The highest BCUT2D eigenvalue weighted by Gasteiger charge is 2.33. The molecule has 7 heteroatoms. The van der Waals surface area contributed by atoms with Gasteiger partial charge in [0.25, 0.3) is 5.91 Å². The molecule has 0 aromatic carbocycles. The van der Waals surface area contributed by atoms with Crippen molar-refractivity contribution >= 4 is 23.7 Å². The van der Waals surface area contributed by atoms with Gasteiger partial charge in [0.05, 0.1) is 12.5 Å². The largest absolute Gasteiger partial charge is 0.450 e. The van der Waals surface area contributed by atoms with Crippen LogP contribution in [0, 0.1) is 5.92 Å². The van der Waals surface area contributed by atoms with E-state index in [0.29, 0.717) is 38.7 Å². The first kappa shape index (κ1) is 15.0. The Morgan fingerprint density at radius 2 is 2.00 bits per heavy atom. The van der Waals surface area contributed by atoms with Gasteiger partial charge in [-0.1, -0.05) is 6.42 Å². The van der Waals surface area contributed by atoms with Gasteiger partial charge in [-0.05, 0) is 26.2 Å². The lowest BCUT2D eigenvalue weighted by Crippen LogP contribution is -2.51. The Morgan fingerprint density at radius 3 is 2.73 bits per heavy atom. The smallest absolute Gasteiger partial charge is 0.409 e. The molecule has 22 heavy (non-hydrogen) atoms. The number of rotatable bonds is 1. The summed E-state index contributed by atoms with van der Waals surface area (Å²) >= 11 is 0. The Kier molecular flexibility index (Phi) is 4.40. The van der Waals surface area contributed by atoms with Gasteiger partial charge in [0, 0.05) is 31.9 Å². The number of carbonyl (C=O) groups is 2. The van der Waals surface area contributed by atoms with Crippen molar-refractivity contribution in [2.75, 3.05) is 32.8 Å². The molecule has 1 saturated carbocycles. The van der Waals surface area contributed by atoms with E-state index >= 15 is 0 Å². The maximum atomic E-state index is 12.2. The van der Waals surface area contributed by atoms with Crippen molar-refractivity contribution in [3.05, 3.63) is 0 Å². The van der Waals surface area contributed by atoms with Crippen molar-refractivity contribution in [2.24, 2.45) is 15.9 Å². The second-order valence-electron chi connectivity index (χ2n) is 5.82. The topological polar surface area (TPSA) is 74.6 Å². The molecule has 120 valence electrons. The Morgan fingerprint density at radius 1 is 1.23 bits per heavy atom. The van der Waals surface area contributed by atoms with Crippen molar-refractivity contribution in [2.45, 2.75) is 32.6 Å². The van der Waals surface area contributed by atoms with E-state index in [9.17, 15) is 9.59 Å². The predicted octanol–water partition coefficient (Wildman–Crippen LogP) is 1.29. The fourth-order valence-electron chi connectivity index (χ4n) is 3.17. The van der Waals surface area contributed by atoms with Crippen LogP contribution in [0.3, 0.4) is 0 Å². The van der Waals surface area contributed by atoms with E-state index in [1.165, 1.54) is 0 Å². The van der Waals surface area contributed by atoms with Crippen LogP contribution in [0.4, 0.5) is 4.79 Å². The number of hydrogen-bond acceptors (Lipinski definition) is 5. The summed E-state index contributed by atoms with van der Waals surface area (Å²) in [5, 5.41) is 0. The van der Waals surface area contributed by atoms with Crippen LogP contribution in [-0.4, -0.2) is 66.3 Å². The average molecular weight is 306 g/mol. The summed E-state index contributed by atoms with van der Waals surface area (Å²) in [6.45, 7) is 4.59. The molecule has 2 fully saturated rings. The standard InChI is InChI=1S/C15H22N4O3/c1-2-22-15(21)19-9-7-18(8-10-19)14-16-12-6-4-3-5-11(12)13(20)17-14/h11H,2-10H2,1H3. The molecule has 1 saturated heterocycles. The Balaban J connectivity index is 1.63. The molecular formula is C15H22N4O3. The lowest BCUT2D eigenvalue weighted by atomic mass is 9.86. The fourth-order valence-corrected chi connectivity index (χ4v) is 3.17. The first-order chi connectivity index (χ1) is 10.7. The van der Waals surface area contributed by atoms with Crippen molar-refractivity contribution in [1.29, 1.82) is 0 Å². The molecule has 3 rings (SSSR count). The molecule has 2 amide bonds. The van der Waals surface area contributed by atoms with Crippen LogP contribution >= 0.6 is 0 Å². The summed E-state index contributed by atoms with van der Waals surface area (Å²) in [7, 11) is 0. The third kappa shape index (κ3) is 2.98. The van der Waals surface area contributed by atoms with Crippen LogP contribution in [0.5, 0.6) is 0 Å². The summed E-state index contributed by atoms with van der Waals surface area (Å²) < 4.78 is 5.01. The summed E-state index contributed by atoms with van der Waals surface area (Å²) in [5.74, 6) is 0.396. The number of nitrogens with zero attached hydrogens (tertiary/aromatic N) is 4. The van der Waals surface area contributed by atoms with Gasteiger partial charge in [-0.15, -0.1) is 0 Å². The molecule has 3 aliphatic rings. The zero-order chi connectivity index (χ0) is 15.5. The quantitative estimate of drug-likeness (QED) is 0.731. The van der Waals surface area contributed by atoms with Crippen LogP contribution in [0.1, 0.15) is 32.6 Å². The number of amides is 2. The third-order valence-corrected chi connectivity index (χ3v) is 4.42. The van der Waals surface area contributed by atoms with E-state index in [1.54, 1.807) is 11.8 Å². The molecule has 0 N–H and O–H groups in total. The number of piperazine rings is 1. The zero-order valence-corrected chi connectivity index (χ0v) is 13.0. The number of hydrogen-bond donors (Lipinski definition) is 0.